The van der Waals surface area contributed by atoms with Gasteiger partial charge in [-0.3, -0.25) is 0 Å². The van der Waals surface area contributed by atoms with Crippen molar-refractivity contribution >= 4 is 18.0 Å². The van der Waals surface area contributed by atoms with Crippen molar-refractivity contribution in [2.24, 2.45) is 5.10 Å². The molecule has 0 unspecified atom stereocenters. The van der Waals surface area contributed by atoms with Gasteiger partial charge in [-0.1, -0.05) is 18.2 Å². The minimum Gasteiger partial charge on any atom is -0.448 e. The summed E-state index contributed by atoms with van der Waals surface area (Å²) in [6.07, 6.45) is 4.56. The second-order valence-corrected chi connectivity index (χ2v) is 5.53. The highest BCUT2D eigenvalue weighted by Gasteiger charge is 2.12. The lowest BCUT2D eigenvalue weighted by molar-refractivity contribution is 0.467. The van der Waals surface area contributed by atoms with E-state index < -0.39 is 0 Å². The van der Waals surface area contributed by atoms with Crippen LogP contribution in [0.15, 0.2) is 74.9 Å². The first kappa shape index (κ1) is 14.3. The Morgan fingerprint density at radius 2 is 1.88 bits per heavy atom. The van der Waals surface area contributed by atoms with Gasteiger partial charge in [0.1, 0.15) is 18.4 Å². The van der Waals surface area contributed by atoms with Crippen molar-refractivity contribution < 1.29 is 4.42 Å². The lowest BCUT2D eigenvalue weighted by Gasteiger charge is -2.01. The second-order valence-electron chi connectivity index (χ2n) is 4.55. The van der Waals surface area contributed by atoms with Gasteiger partial charge >= 0.3 is 0 Å². The van der Waals surface area contributed by atoms with Crippen LogP contribution in [0.25, 0.3) is 5.69 Å². The van der Waals surface area contributed by atoms with Crippen molar-refractivity contribution in [3.8, 4) is 5.69 Å². The molecule has 0 aliphatic carbocycles. The van der Waals surface area contributed by atoms with Crippen LogP contribution in [0.3, 0.4) is 0 Å². The molecule has 0 atom stereocenters. The maximum Gasteiger partial charge on any atom is 0.221 e. The third kappa shape index (κ3) is 3.08. The summed E-state index contributed by atoms with van der Waals surface area (Å²) in [5.74, 6) is 0.602. The number of aromatic nitrogens is 7. The van der Waals surface area contributed by atoms with E-state index in [1.54, 1.807) is 10.9 Å². The molecule has 4 aromatic rings. The molecule has 0 bridgehead atoms. The van der Waals surface area contributed by atoms with Gasteiger partial charge in [-0.25, -0.2) is 4.68 Å². The summed E-state index contributed by atoms with van der Waals surface area (Å²) in [7, 11) is 0. The highest BCUT2D eigenvalue weighted by atomic mass is 32.2. The van der Waals surface area contributed by atoms with Crippen LogP contribution in [0, 0.1) is 0 Å². The van der Waals surface area contributed by atoms with Crippen LogP contribution in [-0.4, -0.2) is 41.3 Å². The number of benzene rings is 1. The summed E-state index contributed by atoms with van der Waals surface area (Å²) < 4.78 is 8.83. The van der Waals surface area contributed by atoms with E-state index in [1.165, 1.54) is 29.1 Å². The Bertz CT molecular complexity index is 944. The van der Waals surface area contributed by atoms with Gasteiger partial charge in [0.15, 0.2) is 5.09 Å². The average Bonchev–Trinajstić information content (AvgIpc) is 3.36. The lowest BCUT2D eigenvalue weighted by Crippen LogP contribution is -1.97. The van der Waals surface area contributed by atoms with Gasteiger partial charge < -0.3 is 4.42 Å². The summed E-state index contributed by atoms with van der Waals surface area (Å²) in [5, 5.41) is 24.5. The molecule has 3 aromatic heterocycles. The maximum atomic E-state index is 5.70. The van der Waals surface area contributed by atoms with Gasteiger partial charge in [0.05, 0.1) is 11.9 Å². The molecule has 0 amide bonds. The van der Waals surface area contributed by atoms with Crippen molar-refractivity contribution in [2.75, 3.05) is 0 Å². The van der Waals surface area contributed by atoms with Crippen molar-refractivity contribution in [1.82, 2.24) is 35.1 Å². The summed E-state index contributed by atoms with van der Waals surface area (Å²) in [6, 6.07) is 13.3. The first-order valence-corrected chi connectivity index (χ1v) is 7.70. The molecule has 0 radical (unpaired) electrons. The van der Waals surface area contributed by atoms with Crippen molar-refractivity contribution in [2.45, 2.75) is 10.2 Å². The molecule has 0 spiro atoms. The minimum absolute atomic E-state index is 0.602. The number of rotatable bonds is 5. The fourth-order valence-electron chi connectivity index (χ4n) is 1.90. The molecule has 0 fully saturated rings. The fraction of sp³-hybridized carbons (Fsp3) is 0. The van der Waals surface area contributed by atoms with Crippen LogP contribution < -0.4 is 0 Å². The molecular weight excluding hydrogens is 328 g/mol. The molecule has 0 N–H and O–H groups in total. The summed E-state index contributed by atoms with van der Waals surface area (Å²) >= 11 is 1.33. The SMILES string of the molecule is C(=N\n1cnnc1)/c1ccc(Sc2nnnn2-c2ccccc2)o1. The first-order chi connectivity index (χ1) is 11.9. The molecule has 9 nitrogen and oxygen atoms in total. The van der Waals surface area contributed by atoms with Gasteiger partial charge in [0.25, 0.3) is 0 Å². The zero-order chi connectivity index (χ0) is 16.2. The fourth-order valence-corrected chi connectivity index (χ4v) is 2.66. The van der Waals surface area contributed by atoms with E-state index in [0.717, 1.165) is 5.69 Å². The number of furan rings is 1. The Hall–Kier alpha value is -3.27. The zero-order valence-corrected chi connectivity index (χ0v) is 13.0. The quantitative estimate of drug-likeness (QED) is 0.512. The molecule has 0 saturated carbocycles. The van der Waals surface area contributed by atoms with E-state index in [2.05, 4.69) is 30.8 Å². The third-order valence-electron chi connectivity index (χ3n) is 2.96. The second kappa shape index (κ2) is 6.46. The topological polar surface area (TPSA) is 99.8 Å². The molecule has 3 heterocycles. The average molecular weight is 338 g/mol. The molecule has 4 rings (SSSR count). The van der Waals surface area contributed by atoms with Crippen molar-refractivity contribution in [1.29, 1.82) is 0 Å². The van der Waals surface area contributed by atoms with Gasteiger partial charge in [-0.2, -0.15) is 9.78 Å². The Morgan fingerprint density at radius 1 is 1.04 bits per heavy atom. The summed E-state index contributed by atoms with van der Waals surface area (Å²) in [4.78, 5) is 0. The molecule has 24 heavy (non-hydrogen) atoms. The van der Waals surface area contributed by atoms with Crippen molar-refractivity contribution in [3.63, 3.8) is 0 Å². The molecule has 118 valence electrons. The van der Waals surface area contributed by atoms with Gasteiger partial charge in [0.2, 0.25) is 5.16 Å². The predicted molar refractivity (Wildman–Crippen MR) is 85.0 cm³/mol. The largest absolute Gasteiger partial charge is 0.448 e. The number of tetrazole rings is 1. The Labute approximate surface area is 140 Å². The van der Waals surface area contributed by atoms with Crippen molar-refractivity contribution in [3.05, 3.63) is 60.9 Å². The first-order valence-electron chi connectivity index (χ1n) is 6.89. The highest BCUT2D eigenvalue weighted by molar-refractivity contribution is 7.99. The van der Waals surface area contributed by atoms with Crippen LogP contribution in [0.5, 0.6) is 0 Å². The number of nitrogens with zero attached hydrogens (tertiary/aromatic N) is 8. The monoisotopic (exact) mass is 338 g/mol. The molecule has 0 aliphatic rings. The smallest absolute Gasteiger partial charge is 0.221 e. The van der Waals surface area contributed by atoms with E-state index in [4.69, 9.17) is 4.42 Å². The number of hydrogen-bond donors (Lipinski definition) is 0. The Kier molecular flexibility index (Phi) is 3.86. The summed E-state index contributed by atoms with van der Waals surface area (Å²) in [6.45, 7) is 0. The van der Waals surface area contributed by atoms with E-state index >= 15 is 0 Å². The van der Waals surface area contributed by atoms with E-state index in [-0.39, 0.29) is 0 Å². The summed E-state index contributed by atoms with van der Waals surface area (Å²) in [5.41, 5.74) is 0.881. The van der Waals surface area contributed by atoms with Crippen LogP contribution in [0.2, 0.25) is 0 Å². The van der Waals surface area contributed by atoms with E-state index in [0.29, 0.717) is 16.0 Å². The van der Waals surface area contributed by atoms with Gasteiger partial charge in [-0.05, 0) is 46.5 Å². The highest BCUT2D eigenvalue weighted by Crippen LogP contribution is 2.28. The Balaban J connectivity index is 1.52. The van der Waals surface area contributed by atoms with Crippen LogP contribution >= 0.6 is 11.8 Å². The number of hydrogen-bond acceptors (Lipinski definition) is 8. The minimum atomic E-state index is 0.602. The van der Waals surface area contributed by atoms with Gasteiger partial charge in [0, 0.05) is 0 Å². The lowest BCUT2D eigenvalue weighted by atomic mass is 10.3. The normalized spacial score (nSPS) is 11.3. The number of para-hydroxylation sites is 1. The predicted octanol–water partition coefficient (Wildman–Crippen LogP) is 1.88. The third-order valence-corrected chi connectivity index (χ3v) is 3.82. The van der Waals surface area contributed by atoms with Crippen LogP contribution in [0.4, 0.5) is 0 Å². The van der Waals surface area contributed by atoms with E-state index in [1.807, 2.05) is 42.5 Å². The molecular formula is C14H10N8OS. The van der Waals surface area contributed by atoms with Gasteiger partial charge in [-0.15, -0.1) is 15.3 Å². The van der Waals surface area contributed by atoms with E-state index in [9.17, 15) is 0 Å². The molecule has 0 aliphatic heterocycles. The zero-order valence-electron chi connectivity index (χ0n) is 12.2. The van der Waals surface area contributed by atoms with Crippen LogP contribution in [0.1, 0.15) is 5.76 Å². The van der Waals surface area contributed by atoms with Crippen LogP contribution in [-0.2, 0) is 0 Å². The molecule has 10 heteroatoms. The molecule has 1 aromatic carbocycles. The standard InChI is InChI=1S/C14H10N8OS/c1-2-4-11(5-3-1)22-14(18-19-20-22)24-13-7-6-12(23-13)8-17-21-9-15-16-10-21/h1-10H/b17-8+. The maximum absolute atomic E-state index is 5.70. The Morgan fingerprint density at radius 3 is 2.71 bits per heavy atom. The molecule has 0 saturated heterocycles.